The molecule has 0 fully saturated rings. The Labute approximate surface area is 240 Å². The lowest BCUT2D eigenvalue weighted by Gasteiger charge is -2.11. The number of hydrogen-bond acceptors (Lipinski definition) is 7. The zero-order valence-electron chi connectivity index (χ0n) is 21.9. The standard InChI is InChI=1S/C31H28ClNO4S2/c1-18(22-6-4-21(5-7-22)15-19(2)34)14-26(35)28-12-13-29(39-28)27(36)16-33-20(3)25-17-38-31(30(25)37)23-8-10-24(32)11-9-23/h4-13,17-18,37H,14-16H2,1-3H3. The molecule has 39 heavy (non-hydrogen) atoms. The number of hydrogen-bond donors (Lipinski definition) is 1. The van der Waals surface area contributed by atoms with E-state index in [0.29, 0.717) is 43.8 Å². The first-order chi connectivity index (χ1) is 18.6. The van der Waals surface area contributed by atoms with Gasteiger partial charge in [0, 0.05) is 34.5 Å². The van der Waals surface area contributed by atoms with E-state index < -0.39 is 0 Å². The number of benzene rings is 2. The predicted molar refractivity (Wildman–Crippen MR) is 160 cm³/mol. The predicted octanol–water partition coefficient (Wildman–Crippen LogP) is 8.04. The fourth-order valence-electron chi connectivity index (χ4n) is 4.15. The van der Waals surface area contributed by atoms with Crippen molar-refractivity contribution < 1.29 is 19.5 Å². The van der Waals surface area contributed by atoms with Crippen molar-refractivity contribution in [3.05, 3.63) is 97.5 Å². The van der Waals surface area contributed by atoms with E-state index in [9.17, 15) is 19.5 Å². The molecule has 4 rings (SSSR count). The van der Waals surface area contributed by atoms with E-state index in [-0.39, 0.29) is 35.6 Å². The van der Waals surface area contributed by atoms with Crippen LogP contribution in [0.2, 0.25) is 5.02 Å². The summed E-state index contributed by atoms with van der Waals surface area (Å²) in [5, 5.41) is 13.2. The number of ketones is 3. The van der Waals surface area contributed by atoms with Crippen LogP contribution in [0.15, 0.2) is 71.0 Å². The Balaban J connectivity index is 1.37. The molecule has 8 heteroatoms. The van der Waals surface area contributed by atoms with Gasteiger partial charge in [-0.2, -0.15) is 0 Å². The van der Waals surface area contributed by atoms with E-state index in [0.717, 1.165) is 16.7 Å². The van der Waals surface area contributed by atoms with E-state index in [1.54, 1.807) is 38.1 Å². The molecule has 1 atom stereocenters. The van der Waals surface area contributed by atoms with Crippen molar-refractivity contribution in [3.63, 3.8) is 0 Å². The summed E-state index contributed by atoms with van der Waals surface area (Å²) in [5.74, 6) is 0.0518. The van der Waals surface area contributed by atoms with Crippen molar-refractivity contribution in [2.45, 2.75) is 39.5 Å². The van der Waals surface area contributed by atoms with Crippen LogP contribution in [0.4, 0.5) is 0 Å². The van der Waals surface area contributed by atoms with Crippen molar-refractivity contribution in [2.75, 3.05) is 6.54 Å². The largest absolute Gasteiger partial charge is 0.506 e. The topological polar surface area (TPSA) is 83.8 Å². The zero-order chi connectivity index (χ0) is 28.1. The van der Waals surface area contributed by atoms with Crippen molar-refractivity contribution in [1.29, 1.82) is 0 Å². The smallest absolute Gasteiger partial charge is 0.194 e. The van der Waals surface area contributed by atoms with Gasteiger partial charge in [-0.15, -0.1) is 22.7 Å². The maximum absolute atomic E-state index is 12.9. The Kier molecular flexibility index (Phi) is 9.28. The number of thiophene rings is 2. The summed E-state index contributed by atoms with van der Waals surface area (Å²) < 4.78 is 0. The highest BCUT2D eigenvalue weighted by Crippen LogP contribution is 2.39. The molecule has 2 heterocycles. The van der Waals surface area contributed by atoms with Crippen LogP contribution < -0.4 is 0 Å². The molecule has 0 bridgehead atoms. The highest BCUT2D eigenvalue weighted by atomic mass is 35.5. The number of halogens is 1. The number of carbonyl (C=O) groups is 3. The maximum atomic E-state index is 12.9. The lowest BCUT2D eigenvalue weighted by atomic mass is 9.94. The summed E-state index contributed by atoms with van der Waals surface area (Å²) in [5.41, 5.74) is 3.99. The summed E-state index contributed by atoms with van der Waals surface area (Å²) in [7, 11) is 0. The highest BCUT2D eigenvalue weighted by molar-refractivity contribution is 7.16. The third-order valence-corrected chi connectivity index (χ3v) is 8.81. The van der Waals surface area contributed by atoms with E-state index in [4.69, 9.17) is 11.6 Å². The molecule has 0 aliphatic heterocycles. The molecule has 0 spiro atoms. The molecule has 5 nitrogen and oxygen atoms in total. The van der Waals surface area contributed by atoms with Gasteiger partial charge in [0.2, 0.25) is 0 Å². The molecule has 1 N–H and O–H groups in total. The third-order valence-electron chi connectivity index (χ3n) is 6.37. The summed E-state index contributed by atoms with van der Waals surface area (Å²) in [6, 6.07) is 18.4. The van der Waals surface area contributed by atoms with Crippen LogP contribution in [-0.4, -0.2) is 34.7 Å². The number of aromatic hydroxyl groups is 1. The Bertz CT molecular complexity index is 1530. The minimum atomic E-state index is -0.180. The molecular weight excluding hydrogens is 550 g/mol. The molecule has 1 unspecified atom stereocenters. The molecule has 0 amide bonds. The van der Waals surface area contributed by atoms with Gasteiger partial charge < -0.3 is 5.11 Å². The normalized spacial score (nSPS) is 12.4. The second-order valence-corrected chi connectivity index (χ2v) is 11.9. The minimum absolute atomic E-state index is 0.00781. The van der Waals surface area contributed by atoms with Crippen LogP contribution in [0.1, 0.15) is 69.1 Å². The number of rotatable bonds is 11. The van der Waals surface area contributed by atoms with Gasteiger partial charge in [0.05, 0.1) is 14.6 Å². The van der Waals surface area contributed by atoms with E-state index in [1.807, 2.05) is 48.7 Å². The zero-order valence-corrected chi connectivity index (χ0v) is 24.3. The quantitative estimate of drug-likeness (QED) is 0.144. The van der Waals surface area contributed by atoms with Gasteiger partial charge in [-0.3, -0.25) is 19.4 Å². The summed E-state index contributed by atoms with van der Waals surface area (Å²) >= 11 is 8.55. The van der Waals surface area contributed by atoms with Crippen LogP contribution in [-0.2, 0) is 11.2 Å². The van der Waals surface area contributed by atoms with Crippen molar-refractivity contribution in [1.82, 2.24) is 0 Å². The van der Waals surface area contributed by atoms with Crippen LogP contribution in [0.5, 0.6) is 5.75 Å². The van der Waals surface area contributed by atoms with Gasteiger partial charge in [-0.05, 0) is 60.7 Å². The molecule has 0 radical (unpaired) electrons. The van der Waals surface area contributed by atoms with Gasteiger partial charge in [-0.1, -0.05) is 54.9 Å². The summed E-state index contributed by atoms with van der Waals surface area (Å²) in [4.78, 5) is 43.2. The van der Waals surface area contributed by atoms with Crippen molar-refractivity contribution in [3.8, 4) is 16.2 Å². The van der Waals surface area contributed by atoms with Crippen LogP contribution in [0.3, 0.4) is 0 Å². The summed E-state index contributed by atoms with van der Waals surface area (Å²) in [6.07, 6.45) is 0.729. The first kappa shape index (κ1) is 28.6. The summed E-state index contributed by atoms with van der Waals surface area (Å²) in [6.45, 7) is 5.25. The highest BCUT2D eigenvalue weighted by Gasteiger charge is 2.18. The second-order valence-electron chi connectivity index (χ2n) is 9.47. The number of nitrogens with zero attached hydrogens (tertiary/aromatic N) is 1. The second kappa shape index (κ2) is 12.6. The van der Waals surface area contributed by atoms with E-state index in [2.05, 4.69) is 4.99 Å². The molecule has 4 aromatic rings. The molecule has 0 aliphatic rings. The molecule has 0 saturated heterocycles. The number of carbonyl (C=O) groups excluding carboxylic acids is 3. The molecule has 200 valence electrons. The lowest BCUT2D eigenvalue weighted by molar-refractivity contribution is -0.116. The first-order valence-corrected chi connectivity index (χ1v) is 14.5. The Morgan fingerprint density at radius 1 is 0.923 bits per heavy atom. The Morgan fingerprint density at radius 2 is 1.56 bits per heavy atom. The van der Waals surface area contributed by atoms with Crippen LogP contribution >= 0.6 is 34.3 Å². The molecule has 0 saturated carbocycles. The van der Waals surface area contributed by atoms with Crippen LogP contribution in [0, 0.1) is 0 Å². The van der Waals surface area contributed by atoms with Crippen molar-refractivity contribution in [2.24, 2.45) is 4.99 Å². The fourth-order valence-corrected chi connectivity index (χ4v) is 6.18. The fraction of sp³-hybridized carbons (Fsp3) is 0.226. The van der Waals surface area contributed by atoms with E-state index >= 15 is 0 Å². The SMILES string of the molecule is CC(=O)Cc1ccc(C(C)CC(=O)c2ccc(C(=O)CN=C(C)c3csc(-c4ccc(Cl)cc4)c3O)s2)cc1. The van der Waals surface area contributed by atoms with Gasteiger partial charge in [0.25, 0.3) is 0 Å². The molecule has 2 aromatic heterocycles. The number of aliphatic imine (C=N–C) groups is 1. The molecule has 0 aliphatic carbocycles. The van der Waals surface area contributed by atoms with Gasteiger partial charge in [0.15, 0.2) is 11.6 Å². The third kappa shape index (κ3) is 7.18. The number of Topliss-reactive ketones (excluding diaryl/α,β-unsaturated/α-hetero) is 3. The van der Waals surface area contributed by atoms with Gasteiger partial charge in [0.1, 0.15) is 18.1 Å². The van der Waals surface area contributed by atoms with E-state index in [1.165, 1.54) is 22.7 Å². The maximum Gasteiger partial charge on any atom is 0.194 e. The average molecular weight is 578 g/mol. The average Bonchev–Trinajstić information content (AvgIpc) is 3.55. The van der Waals surface area contributed by atoms with Gasteiger partial charge in [-0.25, -0.2) is 0 Å². The minimum Gasteiger partial charge on any atom is -0.506 e. The van der Waals surface area contributed by atoms with Crippen LogP contribution in [0.25, 0.3) is 10.4 Å². The monoisotopic (exact) mass is 577 g/mol. The van der Waals surface area contributed by atoms with Gasteiger partial charge >= 0.3 is 0 Å². The first-order valence-electron chi connectivity index (χ1n) is 12.4. The Hall–Kier alpha value is -3.39. The lowest BCUT2D eigenvalue weighted by Crippen LogP contribution is -2.05. The molecular formula is C31H28ClNO4S2. The molecule has 2 aromatic carbocycles. The Morgan fingerprint density at radius 3 is 2.21 bits per heavy atom. The van der Waals surface area contributed by atoms with Crippen molar-refractivity contribution >= 4 is 57.3 Å².